The number of nitrogens with one attached hydrogen (secondary N) is 1. The summed E-state index contributed by atoms with van der Waals surface area (Å²) >= 11 is 11.9. The van der Waals surface area contributed by atoms with Crippen molar-refractivity contribution >= 4 is 46.6 Å². The molecule has 0 aliphatic carbocycles. The van der Waals surface area contributed by atoms with Gasteiger partial charge in [0.2, 0.25) is 0 Å². The van der Waals surface area contributed by atoms with Gasteiger partial charge in [0.05, 0.1) is 21.7 Å². The molecule has 3 rings (SSSR count). The summed E-state index contributed by atoms with van der Waals surface area (Å²) in [6.07, 6.45) is 0. The Hall–Kier alpha value is -2.37. The van der Waals surface area contributed by atoms with Crippen molar-refractivity contribution < 1.29 is 14.4 Å². The second kappa shape index (κ2) is 5.68. The molecule has 1 aliphatic heterocycles. The number of imide groups is 1. The summed E-state index contributed by atoms with van der Waals surface area (Å²) in [5.74, 6) is -1.22. The molecule has 2 aromatic carbocycles. The van der Waals surface area contributed by atoms with Crippen LogP contribution in [0.5, 0.6) is 0 Å². The van der Waals surface area contributed by atoms with Gasteiger partial charge < -0.3 is 5.32 Å². The van der Waals surface area contributed by atoms with Crippen LogP contribution in [-0.4, -0.2) is 29.7 Å². The number of carbonyl (C=O) groups excluding carboxylic acids is 3. The van der Waals surface area contributed by atoms with E-state index in [0.29, 0.717) is 16.3 Å². The Morgan fingerprint density at radius 2 is 1.70 bits per heavy atom. The molecule has 1 aliphatic rings. The maximum absolute atomic E-state index is 12.3. The summed E-state index contributed by atoms with van der Waals surface area (Å²) in [6.45, 7) is 0. The Labute approximate surface area is 141 Å². The molecule has 0 spiro atoms. The highest BCUT2D eigenvalue weighted by Crippen LogP contribution is 2.26. The molecule has 23 heavy (non-hydrogen) atoms. The number of anilines is 1. The first kappa shape index (κ1) is 15.5. The molecule has 116 valence electrons. The van der Waals surface area contributed by atoms with Gasteiger partial charge in [0, 0.05) is 17.8 Å². The topological polar surface area (TPSA) is 66.5 Å². The van der Waals surface area contributed by atoms with Gasteiger partial charge in [-0.1, -0.05) is 23.2 Å². The molecule has 0 saturated heterocycles. The summed E-state index contributed by atoms with van der Waals surface area (Å²) in [5, 5.41) is 3.29. The molecule has 0 fully saturated rings. The average molecular weight is 349 g/mol. The van der Waals surface area contributed by atoms with Crippen molar-refractivity contribution in [3.63, 3.8) is 0 Å². The van der Waals surface area contributed by atoms with Gasteiger partial charge in [-0.3, -0.25) is 19.3 Å². The molecule has 1 N–H and O–H groups in total. The summed E-state index contributed by atoms with van der Waals surface area (Å²) < 4.78 is 0. The second-order valence-electron chi connectivity index (χ2n) is 5.01. The number of amides is 3. The fraction of sp³-hybridized carbons (Fsp3) is 0.0625. The number of nitrogens with zero attached hydrogens (tertiary/aromatic N) is 1. The minimum absolute atomic E-state index is 0.221. The zero-order valence-corrected chi connectivity index (χ0v) is 13.4. The minimum atomic E-state index is -0.456. The average Bonchev–Trinajstić information content (AvgIpc) is 2.74. The van der Waals surface area contributed by atoms with Crippen molar-refractivity contribution in [1.29, 1.82) is 0 Å². The maximum Gasteiger partial charge on any atom is 0.261 e. The van der Waals surface area contributed by atoms with E-state index in [1.807, 2.05) is 0 Å². The number of rotatable bonds is 2. The summed E-state index contributed by atoms with van der Waals surface area (Å²) in [7, 11) is 1.41. The summed E-state index contributed by atoms with van der Waals surface area (Å²) in [4.78, 5) is 37.1. The van der Waals surface area contributed by atoms with Gasteiger partial charge in [-0.2, -0.15) is 0 Å². The molecular weight excluding hydrogens is 339 g/mol. The van der Waals surface area contributed by atoms with E-state index in [9.17, 15) is 14.4 Å². The van der Waals surface area contributed by atoms with Crippen LogP contribution in [0.25, 0.3) is 0 Å². The number of hydrogen-bond acceptors (Lipinski definition) is 3. The Balaban J connectivity index is 1.90. The van der Waals surface area contributed by atoms with Crippen LogP contribution in [0, 0.1) is 0 Å². The normalized spacial score (nSPS) is 13.3. The molecule has 0 saturated carbocycles. The van der Waals surface area contributed by atoms with Gasteiger partial charge in [-0.15, -0.1) is 0 Å². The molecular formula is C16H10Cl2N2O3. The van der Waals surface area contributed by atoms with Gasteiger partial charge in [0.1, 0.15) is 0 Å². The number of fused-ring (bicyclic) bond motifs is 1. The standard InChI is InChI=1S/C16H10Cl2N2O3/c1-20-15(22)10-4-3-9(7-11(10)16(20)23)19-14(21)12-6-8(17)2-5-13(12)18/h2-7H,1H3,(H,19,21). The predicted octanol–water partition coefficient (Wildman–Crippen LogP) is 3.47. The van der Waals surface area contributed by atoms with E-state index in [2.05, 4.69) is 5.32 Å². The first-order chi connectivity index (χ1) is 10.9. The second-order valence-corrected chi connectivity index (χ2v) is 5.85. The maximum atomic E-state index is 12.3. The number of halogens is 2. The van der Waals surface area contributed by atoms with Gasteiger partial charge in [-0.05, 0) is 36.4 Å². The molecule has 7 heteroatoms. The summed E-state index contributed by atoms with van der Waals surface area (Å²) in [5.41, 5.74) is 1.18. The first-order valence-corrected chi connectivity index (χ1v) is 7.37. The van der Waals surface area contributed by atoms with E-state index in [1.165, 1.54) is 31.3 Å². The highest BCUT2D eigenvalue weighted by Gasteiger charge is 2.32. The van der Waals surface area contributed by atoms with Crippen LogP contribution >= 0.6 is 23.2 Å². The van der Waals surface area contributed by atoms with Crippen LogP contribution in [0.15, 0.2) is 36.4 Å². The third-order valence-electron chi connectivity index (χ3n) is 3.52. The largest absolute Gasteiger partial charge is 0.322 e. The number of benzene rings is 2. The van der Waals surface area contributed by atoms with Gasteiger partial charge >= 0.3 is 0 Å². The van der Waals surface area contributed by atoms with Crippen LogP contribution in [0.4, 0.5) is 5.69 Å². The highest BCUT2D eigenvalue weighted by atomic mass is 35.5. The van der Waals surface area contributed by atoms with Crippen molar-refractivity contribution in [2.45, 2.75) is 0 Å². The Morgan fingerprint density at radius 1 is 1.00 bits per heavy atom. The molecule has 3 amide bonds. The highest BCUT2D eigenvalue weighted by molar-refractivity contribution is 6.36. The van der Waals surface area contributed by atoms with Crippen molar-refractivity contribution in [3.8, 4) is 0 Å². The van der Waals surface area contributed by atoms with Crippen LogP contribution in [0.1, 0.15) is 31.1 Å². The molecule has 1 heterocycles. The summed E-state index contributed by atoms with van der Waals surface area (Å²) in [6, 6.07) is 9.09. The van der Waals surface area contributed by atoms with E-state index >= 15 is 0 Å². The quantitative estimate of drug-likeness (QED) is 0.845. The minimum Gasteiger partial charge on any atom is -0.322 e. The zero-order chi connectivity index (χ0) is 16.7. The van der Waals surface area contributed by atoms with Gasteiger partial charge in [0.15, 0.2) is 0 Å². The first-order valence-electron chi connectivity index (χ1n) is 6.61. The lowest BCUT2D eigenvalue weighted by Gasteiger charge is -2.08. The zero-order valence-electron chi connectivity index (χ0n) is 11.9. The molecule has 5 nitrogen and oxygen atoms in total. The van der Waals surface area contributed by atoms with Crippen LogP contribution < -0.4 is 5.32 Å². The SMILES string of the molecule is CN1C(=O)c2ccc(NC(=O)c3cc(Cl)ccc3Cl)cc2C1=O. The molecule has 0 bridgehead atoms. The van der Waals surface area contributed by atoms with Gasteiger partial charge in [0.25, 0.3) is 17.7 Å². The van der Waals surface area contributed by atoms with Crippen LogP contribution in [-0.2, 0) is 0 Å². The van der Waals surface area contributed by atoms with Crippen LogP contribution in [0.3, 0.4) is 0 Å². The Kier molecular flexibility index (Phi) is 3.83. The van der Waals surface area contributed by atoms with E-state index in [4.69, 9.17) is 23.2 Å². The predicted molar refractivity (Wildman–Crippen MR) is 87.3 cm³/mol. The smallest absolute Gasteiger partial charge is 0.261 e. The lowest BCUT2D eigenvalue weighted by atomic mass is 10.1. The lowest BCUT2D eigenvalue weighted by molar-refractivity contribution is 0.0692. The van der Waals surface area contributed by atoms with E-state index in [1.54, 1.807) is 12.1 Å². The fourth-order valence-electron chi connectivity index (χ4n) is 2.31. The van der Waals surface area contributed by atoms with E-state index < -0.39 is 11.8 Å². The van der Waals surface area contributed by atoms with E-state index in [-0.39, 0.29) is 22.1 Å². The van der Waals surface area contributed by atoms with Crippen molar-refractivity contribution in [1.82, 2.24) is 4.90 Å². The van der Waals surface area contributed by atoms with Crippen molar-refractivity contribution in [3.05, 3.63) is 63.1 Å². The number of hydrogen-bond donors (Lipinski definition) is 1. The molecule has 0 unspecified atom stereocenters. The molecule has 2 aromatic rings. The monoisotopic (exact) mass is 348 g/mol. The molecule has 0 atom stereocenters. The Morgan fingerprint density at radius 3 is 2.43 bits per heavy atom. The number of carbonyl (C=O) groups is 3. The van der Waals surface area contributed by atoms with Crippen molar-refractivity contribution in [2.75, 3.05) is 12.4 Å². The fourth-order valence-corrected chi connectivity index (χ4v) is 2.68. The molecule has 0 radical (unpaired) electrons. The van der Waals surface area contributed by atoms with Gasteiger partial charge in [-0.25, -0.2) is 0 Å². The Bertz CT molecular complexity index is 864. The third kappa shape index (κ3) is 2.69. The van der Waals surface area contributed by atoms with Crippen LogP contribution in [0.2, 0.25) is 10.0 Å². The lowest BCUT2D eigenvalue weighted by Crippen LogP contribution is -2.24. The molecule has 0 aromatic heterocycles. The van der Waals surface area contributed by atoms with E-state index in [0.717, 1.165) is 4.90 Å². The third-order valence-corrected chi connectivity index (χ3v) is 4.09. The van der Waals surface area contributed by atoms with Crippen molar-refractivity contribution in [2.24, 2.45) is 0 Å².